The third-order valence-corrected chi connectivity index (χ3v) is 4.44. The van der Waals surface area contributed by atoms with E-state index < -0.39 is 15.8 Å². The molecule has 1 aromatic rings. The molecule has 0 radical (unpaired) electrons. The fourth-order valence-electron chi connectivity index (χ4n) is 1.70. The second-order valence-corrected chi connectivity index (χ2v) is 6.06. The molecule has 0 aromatic heterocycles. The Morgan fingerprint density at radius 3 is 2.68 bits per heavy atom. The van der Waals surface area contributed by atoms with Crippen LogP contribution in [0.3, 0.4) is 0 Å². The quantitative estimate of drug-likeness (QED) is 0.656. The van der Waals surface area contributed by atoms with Crippen LogP contribution in [0, 0.1) is 11.7 Å². The summed E-state index contributed by atoms with van der Waals surface area (Å²) in [7, 11) is -3.75. The Hall–Kier alpha value is -1.18. The molecule has 1 rings (SSSR count). The molecule has 0 heterocycles. The van der Waals surface area contributed by atoms with Gasteiger partial charge in [-0.05, 0) is 30.5 Å². The van der Waals surface area contributed by atoms with Gasteiger partial charge in [0.15, 0.2) is 0 Å². The van der Waals surface area contributed by atoms with Crippen molar-refractivity contribution in [3.8, 4) is 0 Å². The van der Waals surface area contributed by atoms with E-state index in [1.54, 1.807) is 0 Å². The molecule has 0 aliphatic carbocycles. The topological polar surface area (TPSA) is 92.4 Å². The Morgan fingerprint density at radius 1 is 1.47 bits per heavy atom. The lowest BCUT2D eigenvalue weighted by atomic mass is 10.0. The maximum absolute atomic E-state index is 12.9. The van der Waals surface area contributed by atoms with E-state index in [1.807, 2.05) is 6.92 Å². The van der Waals surface area contributed by atoms with Crippen molar-refractivity contribution in [1.82, 2.24) is 4.72 Å². The Morgan fingerprint density at radius 2 is 2.16 bits per heavy atom. The lowest BCUT2D eigenvalue weighted by molar-refractivity contribution is 0.254. The van der Waals surface area contributed by atoms with Gasteiger partial charge >= 0.3 is 0 Å². The van der Waals surface area contributed by atoms with E-state index in [0.29, 0.717) is 6.42 Å². The number of sulfonamides is 1. The molecule has 0 fully saturated rings. The third kappa shape index (κ3) is 4.45. The monoisotopic (exact) mass is 290 g/mol. The molecule has 5 nitrogen and oxygen atoms in total. The van der Waals surface area contributed by atoms with Crippen LogP contribution in [0.15, 0.2) is 23.1 Å². The van der Waals surface area contributed by atoms with Gasteiger partial charge in [0.2, 0.25) is 10.0 Å². The number of nitrogens with two attached hydrogens (primary N) is 1. The summed E-state index contributed by atoms with van der Waals surface area (Å²) < 4.78 is 39.3. The van der Waals surface area contributed by atoms with E-state index in [9.17, 15) is 12.8 Å². The Balaban J connectivity index is 2.81. The number of rotatable bonds is 7. The van der Waals surface area contributed by atoms with Crippen molar-refractivity contribution in [3.05, 3.63) is 24.0 Å². The van der Waals surface area contributed by atoms with Crippen molar-refractivity contribution >= 4 is 15.7 Å². The molecule has 0 aliphatic rings. The van der Waals surface area contributed by atoms with Gasteiger partial charge < -0.3 is 10.8 Å². The van der Waals surface area contributed by atoms with Crippen LogP contribution in [-0.2, 0) is 10.0 Å². The first kappa shape index (κ1) is 15.9. The molecule has 0 saturated carbocycles. The molecule has 1 aromatic carbocycles. The summed E-state index contributed by atoms with van der Waals surface area (Å²) >= 11 is 0. The zero-order valence-electron chi connectivity index (χ0n) is 10.8. The van der Waals surface area contributed by atoms with Crippen LogP contribution in [0.2, 0.25) is 0 Å². The second-order valence-electron chi connectivity index (χ2n) is 4.32. The van der Waals surface area contributed by atoms with Gasteiger partial charge in [-0.3, -0.25) is 0 Å². The van der Waals surface area contributed by atoms with Gasteiger partial charge in [0, 0.05) is 13.2 Å². The number of benzene rings is 1. The standard InChI is InChI=1S/C12H19FN2O3S/c1-2-9(5-6-16)8-15-19(17,18)12-4-3-10(13)7-11(12)14/h3-4,7,9,15-16H,2,5-6,8,14H2,1H3. The number of nitrogen functional groups attached to an aromatic ring is 1. The molecule has 1 unspecified atom stereocenters. The predicted molar refractivity (Wildman–Crippen MR) is 71.5 cm³/mol. The lowest BCUT2D eigenvalue weighted by Crippen LogP contribution is -2.30. The summed E-state index contributed by atoms with van der Waals surface area (Å²) in [5, 5.41) is 8.85. The lowest BCUT2D eigenvalue weighted by Gasteiger charge is -2.15. The van der Waals surface area contributed by atoms with Gasteiger partial charge in [0.25, 0.3) is 0 Å². The molecule has 108 valence electrons. The maximum Gasteiger partial charge on any atom is 0.242 e. The maximum atomic E-state index is 12.9. The predicted octanol–water partition coefficient (Wildman–Crippen LogP) is 1.09. The molecule has 0 bridgehead atoms. The van der Waals surface area contributed by atoms with Crippen molar-refractivity contribution in [2.75, 3.05) is 18.9 Å². The molecule has 0 amide bonds. The third-order valence-electron chi connectivity index (χ3n) is 2.94. The van der Waals surface area contributed by atoms with Crippen LogP contribution >= 0.6 is 0 Å². The molecule has 0 aliphatic heterocycles. The van der Waals surface area contributed by atoms with Gasteiger partial charge in [-0.15, -0.1) is 0 Å². The number of nitrogens with one attached hydrogen (secondary N) is 1. The van der Waals surface area contributed by atoms with E-state index in [1.165, 1.54) is 0 Å². The van der Waals surface area contributed by atoms with Crippen molar-refractivity contribution in [3.63, 3.8) is 0 Å². The fourth-order valence-corrected chi connectivity index (χ4v) is 2.93. The summed E-state index contributed by atoms with van der Waals surface area (Å²) in [6.07, 6.45) is 1.28. The van der Waals surface area contributed by atoms with E-state index in [-0.39, 0.29) is 29.7 Å². The fraction of sp³-hybridized carbons (Fsp3) is 0.500. The number of hydrogen-bond acceptors (Lipinski definition) is 4. The first-order valence-corrected chi connectivity index (χ1v) is 7.54. The van der Waals surface area contributed by atoms with Crippen LogP contribution in [0.5, 0.6) is 0 Å². The number of aliphatic hydroxyl groups is 1. The minimum absolute atomic E-state index is 0.0128. The van der Waals surface area contributed by atoms with E-state index in [2.05, 4.69) is 4.72 Å². The summed E-state index contributed by atoms with van der Waals surface area (Å²) in [6.45, 7) is 2.15. The average molecular weight is 290 g/mol. The normalized spacial score (nSPS) is 13.4. The van der Waals surface area contributed by atoms with E-state index in [0.717, 1.165) is 24.6 Å². The minimum Gasteiger partial charge on any atom is -0.398 e. The molecular weight excluding hydrogens is 271 g/mol. The molecule has 1 atom stereocenters. The smallest absolute Gasteiger partial charge is 0.242 e. The van der Waals surface area contributed by atoms with Crippen molar-refractivity contribution in [2.24, 2.45) is 5.92 Å². The molecule has 7 heteroatoms. The van der Waals surface area contributed by atoms with Crippen molar-refractivity contribution in [1.29, 1.82) is 0 Å². The van der Waals surface area contributed by atoms with E-state index >= 15 is 0 Å². The highest BCUT2D eigenvalue weighted by Crippen LogP contribution is 2.19. The van der Waals surface area contributed by atoms with Gasteiger partial charge in [-0.25, -0.2) is 17.5 Å². The van der Waals surface area contributed by atoms with Crippen LogP contribution in [0.25, 0.3) is 0 Å². The summed E-state index contributed by atoms with van der Waals surface area (Å²) in [6, 6.07) is 3.16. The average Bonchev–Trinajstić information content (AvgIpc) is 2.34. The molecule has 19 heavy (non-hydrogen) atoms. The second kappa shape index (κ2) is 6.83. The van der Waals surface area contributed by atoms with Crippen LogP contribution in [-0.4, -0.2) is 26.7 Å². The zero-order chi connectivity index (χ0) is 14.5. The summed E-state index contributed by atoms with van der Waals surface area (Å²) in [5.74, 6) is -0.524. The highest BCUT2D eigenvalue weighted by molar-refractivity contribution is 7.89. The first-order valence-electron chi connectivity index (χ1n) is 6.06. The summed E-state index contributed by atoms with van der Waals surface area (Å²) in [5.41, 5.74) is 5.38. The highest BCUT2D eigenvalue weighted by Gasteiger charge is 2.19. The van der Waals surface area contributed by atoms with Crippen LogP contribution in [0.1, 0.15) is 19.8 Å². The minimum atomic E-state index is -3.75. The van der Waals surface area contributed by atoms with Crippen LogP contribution < -0.4 is 10.5 Å². The summed E-state index contributed by atoms with van der Waals surface area (Å²) in [4.78, 5) is -0.132. The highest BCUT2D eigenvalue weighted by atomic mass is 32.2. The molecule has 4 N–H and O–H groups in total. The van der Waals surface area contributed by atoms with E-state index in [4.69, 9.17) is 10.8 Å². The number of aliphatic hydroxyl groups excluding tert-OH is 1. The van der Waals surface area contributed by atoms with Crippen molar-refractivity contribution < 1.29 is 17.9 Å². The van der Waals surface area contributed by atoms with Crippen molar-refractivity contribution in [2.45, 2.75) is 24.7 Å². The van der Waals surface area contributed by atoms with Gasteiger partial charge in [0.1, 0.15) is 10.7 Å². The SMILES string of the molecule is CCC(CCO)CNS(=O)(=O)c1ccc(F)cc1N. The number of anilines is 1. The van der Waals surface area contributed by atoms with Crippen LogP contribution in [0.4, 0.5) is 10.1 Å². The Labute approximate surface area is 112 Å². The Kier molecular flexibility index (Phi) is 5.71. The molecular formula is C12H19FN2O3S. The Bertz CT molecular complexity index is 520. The zero-order valence-corrected chi connectivity index (χ0v) is 11.6. The molecule has 0 spiro atoms. The van der Waals surface area contributed by atoms with Gasteiger partial charge in [-0.2, -0.15) is 0 Å². The van der Waals surface area contributed by atoms with Gasteiger partial charge in [0.05, 0.1) is 5.69 Å². The first-order chi connectivity index (χ1) is 8.90. The van der Waals surface area contributed by atoms with Gasteiger partial charge in [-0.1, -0.05) is 13.3 Å². The number of hydrogen-bond donors (Lipinski definition) is 3. The number of halogens is 1. The molecule has 0 saturated heterocycles. The largest absolute Gasteiger partial charge is 0.398 e.